The van der Waals surface area contributed by atoms with Gasteiger partial charge in [0.15, 0.2) is 11.6 Å². The number of nitrogens with two attached hydrogens (primary N) is 1. The molecule has 130 valence electrons. The molecule has 2 aliphatic carbocycles. The number of aromatic nitrogens is 3. The number of nitrogens with zero attached hydrogens (tertiary/aromatic N) is 4. The second-order valence-electron chi connectivity index (χ2n) is 7.65. The second-order valence-corrected chi connectivity index (χ2v) is 7.65. The van der Waals surface area contributed by atoms with Gasteiger partial charge in [0.25, 0.3) is 0 Å². The molecule has 2 bridgehead atoms. The van der Waals surface area contributed by atoms with Crippen molar-refractivity contribution in [1.29, 1.82) is 0 Å². The number of carbonyl (C=O) groups is 1. The Morgan fingerprint density at radius 1 is 1.08 bits per heavy atom. The molecule has 2 N–H and O–H groups in total. The van der Waals surface area contributed by atoms with Crippen LogP contribution in [0.2, 0.25) is 0 Å². The van der Waals surface area contributed by atoms with Crippen molar-refractivity contribution >= 4 is 5.91 Å². The van der Waals surface area contributed by atoms with E-state index in [0.29, 0.717) is 24.9 Å². The van der Waals surface area contributed by atoms with Crippen molar-refractivity contribution in [1.82, 2.24) is 19.7 Å². The molecule has 6 heteroatoms. The zero-order valence-corrected chi connectivity index (χ0v) is 14.2. The smallest absolute Gasteiger partial charge is 0.228 e. The highest BCUT2D eigenvalue weighted by molar-refractivity contribution is 5.80. The molecule has 6 nitrogen and oxygen atoms in total. The van der Waals surface area contributed by atoms with Gasteiger partial charge in [-0.15, -0.1) is 10.2 Å². The third-order valence-electron chi connectivity index (χ3n) is 6.36. The van der Waals surface area contributed by atoms with Crippen LogP contribution >= 0.6 is 0 Å². The molecule has 4 atom stereocenters. The van der Waals surface area contributed by atoms with Gasteiger partial charge in [-0.3, -0.25) is 4.79 Å². The first-order chi connectivity index (χ1) is 12.2. The number of fused-ring (bicyclic) bond motifs is 3. The van der Waals surface area contributed by atoms with Gasteiger partial charge in [-0.1, -0.05) is 30.3 Å². The molecule has 0 spiro atoms. The topological polar surface area (TPSA) is 77.0 Å². The van der Waals surface area contributed by atoms with Crippen molar-refractivity contribution in [3.63, 3.8) is 0 Å². The van der Waals surface area contributed by atoms with E-state index in [2.05, 4.69) is 14.8 Å². The van der Waals surface area contributed by atoms with Crippen LogP contribution in [0.4, 0.5) is 0 Å². The predicted molar refractivity (Wildman–Crippen MR) is 93.2 cm³/mol. The van der Waals surface area contributed by atoms with Crippen molar-refractivity contribution in [2.45, 2.75) is 38.4 Å². The number of amides is 1. The van der Waals surface area contributed by atoms with Crippen LogP contribution in [-0.2, 0) is 17.9 Å². The molecular formula is C19H23N5O. The van der Waals surface area contributed by atoms with Gasteiger partial charge in [-0.2, -0.15) is 0 Å². The molecule has 2 saturated carbocycles. The largest absolute Gasteiger partial charge is 0.333 e. The van der Waals surface area contributed by atoms with Gasteiger partial charge >= 0.3 is 0 Å². The molecule has 3 aliphatic rings. The molecule has 1 aromatic heterocycles. The lowest BCUT2D eigenvalue weighted by atomic mass is 9.84. The Morgan fingerprint density at radius 2 is 1.88 bits per heavy atom. The SMILES string of the molecule is NC1C2CCC(C2)C1C(=O)N1CCn2c(nnc2-c2ccccc2)C1. The van der Waals surface area contributed by atoms with Crippen LogP contribution in [0.3, 0.4) is 0 Å². The van der Waals surface area contributed by atoms with E-state index >= 15 is 0 Å². The Labute approximate surface area is 147 Å². The lowest BCUT2D eigenvalue weighted by Gasteiger charge is -2.34. The highest BCUT2D eigenvalue weighted by Gasteiger charge is 2.50. The van der Waals surface area contributed by atoms with E-state index in [0.717, 1.165) is 36.6 Å². The summed E-state index contributed by atoms with van der Waals surface area (Å²) >= 11 is 0. The Morgan fingerprint density at radius 3 is 2.64 bits per heavy atom. The van der Waals surface area contributed by atoms with E-state index in [-0.39, 0.29) is 17.9 Å². The van der Waals surface area contributed by atoms with E-state index in [1.807, 2.05) is 35.2 Å². The number of hydrogen-bond acceptors (Lipinski definition) is 4. The highest BCUT2D eigenvalue weighted by atomic mass is 16.2. The van der Waals surface area contributed by atoms with Crippen molar-refractivity contribution in [2.75, 3.05) is 6.54 Å². The lowest BCUT2D eigenvalue weighted by molar-refractivity contribution is -0.139. The fraction of sp³-hybridized carbons (Fsp3) is 0.526. The van der Waals surface area contributed by atoms with Crippen molar-refractivity contribution in [3.8, 4) is 11.4 Å². The zero-order valence-electron chi connectivity index (χ0n) is 14.2. The van der Waals surface area contributed by atoms with Crippen molar-refractivity contribution < 1.29 is 4.79 Å². The van der Waals surface area contributed by atoms with Crippen molar-refractivity contribution in [3.05, 3.63) is 36.2 Å². The van der Waals surface area contributed by atoms with Gasteiger partial charge in [-0.05, 0) is 31.1 Å². The van der Waals surface area contributed by atoms with Crippen LogP contribution < -0.4 is 5.73 Å². The predicted octanol–water partition coefficient (Wildman–Crippen LogP) is 1.66. The molecule has 2 heterocycles. The van der Waals surface area contributed by atoms with Gasteiger partial charge in [0.2, 0.25) is 5.91 Å². The lowest BCUT2D eigenvalue weighted by Crippen LogP contribution is -2.49. The molecule has 2 fully saturated rings. The highest BCUT2D eigenvalue weighted by Crippen LogP contribution is 2.48. The molecule has 2 aromatic rings. The van der Waals surface area contributed by atoms with Crippen LogP contribution in [0.15, 0.2) is 30.3 Å². The molecule has 1 aliphatic heterocycles. The molecule has 1 aromatic carbocycles. The third kappa shape index (κ3) is 2.31. The van der Waals surface area contributed by atoms with Crippen LogP contribution in [0, 0.1) is 17.8 Å². The molecule has 25 heavy (non-hydrogen) atoms. The van der Waals surface area contributed by atoms with Gasteiger partial charge in [-0.25, -0.2) is 0 Å². The van der Waals surface area contributed by atoms with Gasteiger partial charge in [0.1, 0.15) is 0 Å². The molecule has 0 saturated heterocycles. The average Bonchev–Trinajstić information content (AvgIpc) is 3.35. The number of hydrogen-bond donors (Lipinski definition) is 1. The molecule has 0 radical (unpaired) electrons. The van der Waals surface area contributed by atoms with E-state index in [9.17, 15) is 4.79 Å². The first-order valence-corrected chi connectivity index (χ1v) is 9.24. The fourth-order valence-corrected chi connectivity index (χ4v) is 5.06. The second kappa shape index (κ2) is 5.66. The van der Waals surface area contributed by atoms with E-state index < -0.39 is 0 Å². The Kier molecular flexibility index (Phi) is 3.41. The van der Waals surface area contributed by atoms with E-state index in [4.69, 9.17) is 5.73 Å². The minimum atomic E-state index is 0.0156. The molecule has 4 unspecified atom stereocenters. The van der Waals surface area contributed by atoms with E-state index in [1.165, 1.54) is 6.42 Å². The summed E-state index contributed by atoms with van der Waals surface area (Å²) in [6.45, 7) is 2.00. The summed E-state index contributed by atoms with van der Waals surface area (Å²) in [5.41, 5.74) is 7.43. The van der Waals surface area contributed by atoms with Crippen LogP contribution in [0.5, 0.6) is 0 Å². The first kappa shape index (κ1) is 15.1. The fourth-order valence-electron chi connectivity index (χ4n) is 5.06. The van der Waals surface area contributed by atoms with Crippen LogP contribution in [0.1, 0.15) is 25.1 Å². The minimum absolute atomic E-state index is 0.0156. The van der Waals surface area contributed by atoms with Gasteiger partial charge in [0.05, 0.1) is 12.5 Å². The summed E-state index contributed by atoms with van der Waals surface area (Å²) in [6.07, 6.45) is 3.50. The molecular weight excluding hydrogens is 314 g/mol. The maximum Gasteiger partial charge on any atom is 0.228 e. The van der Waals surface area contributed by atoms with Crippen LogP contribution in [-0.4, -0.2) is 38.2 Å². The third-order valence-corrected chi connectivity index (χ3v) is 6.36. The van der Waals surface area contributed by atoms with E-state index in [1.54, 1.807) is 0 Å². The summed E-state index contributed by atoms with van der Waals surface area (Å²) in [4.78, 5) is 15.0. The maximum absolute atomic E-state index is 13.1. The Bertz CT molecular complexity index is 799. The Balaban J connectivity index is 1.37. The van der Waals surface area contributed by atoms with Crippen LogP contribution in [0.25, 0.3) is 11.4 Å². The summed E-state index contributed by atoms with van der Waals surface area (Å²) in [6, 6.07) is 10.1. The number of benzene rings is 1. The van der Waals surface area contributed by atoms with Gasteiger partial charge in [0, 0.05) is 24.7 Å². The van der Waals surface area contributed by atoms with Gasteiger partial charge < -0.3 is 15.2 Å². The number of rotatable bonds is 2. The molecule has 5 rings (SSSR count). The zero-order chi connectivity index (χ0) is 17.0. The molecule has 1 amide bonds. The summed E-state index contributed by atoms with van der Waals surface area (Å²) in [7, 11) is 0. The summed E-state index contributed by atoms with van der Waals surface area (Å²) < 4.78 is 2.14. The summed E-state index contributed by atoms with van der Waals surface area (Å²) in [5.74, 6) is 3.05. The minimum Gasteiger partial charge on any atom is -0.333 e. The first-order valence-electron chi connectivity index (χ1n) is 9.24. The average molecular weight is 337 g/mol. The maximum atomic E-state index is 13.1. The summed E-state index contributed by atoms with van der Waals surface area (Å²) in [5, 5.41) is 8.71. The number of carbonyl (C=O) groups excluding carboxylic acids is 1. The standard InChI is InChI=1S/C19H23N5O/c20-17-14-7-6-13(10-14)16(17)19(25)23-8-9-24-15(11-23)21-22-18(24)12-4-2-1-3-5-12/h1-5,13-14,16-17H,6-11,20H2. The van der Waals surface area contributed by atoms with Crippen molar-refractivity contribution in [2.24, 2.45) is 23.5 Å². The normalized spacial score (nSPS) is 30.5. The monoisotopic (exact) mass is 337 g/mol. The Hall–Kier alpha value is -2.21. The quantitative estimate of drug-likeness (QED) is 0.904.